The molecule has 3 rings (SSSR count). The van der Waals surface area contributed by atoms with Crippen molar-refractivity contribution < 1.29 is 32.2 Å². The Labute approximate surface area is 188 Å². The normalized spacial score (nSPS) is 10.9. The van der Waals surface area contributed by atoms with Crippen molar-refractivity contribution in [1.82, 2.24) is 0 Å². The highest BCUT2D eigenvalue weighted by atomic mass is 19.4. The highest BCUT2D eigenvalue weighted by Gasteiger charge is 2.30. The van der Waals surface area contributed by atoms with Gasteiger partial charge in [-0.15, -0.1) is 0 Å². The van der Waals surface area contributed by atoms with Crippen molar-refractivity contribution in [2.24, 2.45) is 0 Å². The van der Waals surface area contributed by atoms with Crippen LogP contribution in [0, 0.1) is 0 Å². The summed E-state index contributed by atoms with van der Waals surface area (Å²) in [5.41, 5.74) is 0.0507. The molecule has 3 aromatic rings. The van der Waals surface area contributed by atoms with E-state index in [4.69, 9.17) is 9.47 Å². The number of anilines is 2. The number of amides is 2. The summed E-state index contributed by atoms with van der Waals surface area (Å²) in [6.07, 6.45) is -4.50. The summed E-state index contributed by atoms with van der Waals surface area (Å²) in [6, 6.07) is 17.5. The smallest absolute Gasteiger partial charge is 0.416 e. The number of hydrogen-bond donors (Lipinski definition) is 2. The molecular weight excluding hydrogens is 437 g/mol. The highest BCUT2D eigenvalue weighted by Crippen LogP contribution is 2.30. The molecule has 0 fully saturated rings. The van der Waals surface area contributed by atoms with E-state index in [1.807, 2.05) is 6.92 Å². The Balaban J connectivity index is 1.54. The van der Waals surface area contributed by atoms with Gasteiger partial charge in [0.1, 0.15) is 11.5 Å². The van der Waals surface area contributed by atoms with E-state index < -0.39 is 24.3 Å². The minimum atomic E-state index is -4.50. The van der Waals surface area contributed by atoms with Gasteiger partial charge in [-0.3, -0.25) is 9.59 Å². The Morgan fingerprint density at radius 2 is 1.61 bits per heavy atom. The Morgan fingerprint density at radius 3 is 2.30 bits per heavy atom. The van der Waals surface area contributed by atoms with E-state index in [1.54, 1.807) is 24.3 Å². The number of benzene rings is 3. The number of alkyl halides is 3. The van der Waals surface area contributed by atoms with Crippen LogP contribution in [0.2, 0.25) is 0 Å². The van der Waals surface area contributed by atoms with Crippen LogP contribution >= 0.6 is 0 Å². The first-order chi connectivity index (χ1) is 15.8. The maximum Gasteiger partial charge on any atom is 0.416 e. The van der Waals surface area contributed by atoms with Crippen molar-refractivity contribution in [2.45, 2.75) is 13.1 Å². The predicted molar refractivity (Wildman–Crippen MR) is 118 cm³/mol. The Hall–Kier alpha value is -4.01. The van der Waals surface area contributed by atoms with Crippen LogP contribution < -0.4 is 20.1 Å². The van der Waals surface area contributed by atoms with Crippen LogP contribution in [-0.4, -0.2) is 25.0 Å². The predicted octanol–water partition coefficient (Wildman–Crippen LogP) is 5.37. The first-order valence-electron chi connectivity index (χ1n) is 9.99. The average Bonchev–Trinajstić information content (AvgIpc) is 2.79. The Morgan fingerprint density at radius 1 is 0.879 bits per heavy atom. The van der Waals surface area contributed by atoms with Crippen molar-refractivity contribution in [3.8, 4) is 11.5 Å². The fourth-order valence-corrected chi connectivity index (χ4v) is 2.87. The number of ether oxygens (including phenoxy) is 2. The summed E-state index contributed by atoms with van der Waals surface area (Å²) in [5, 5.41) is 5.13. The van der Waals surface area contributed by atoms with Crippen molar-refractivity contribution in [3.05, 3.63) is 83.9 Å². The topological polar surface area (TPSA) is 76.7 Å². The van der Waals surface area contributed by atoms with Crippen LogP contribution in [-0.2, 0) is 11.0 Å². The second-order valence-corrected chi connectivity index (χ2v) is 6.82. The minimum Gasteiger partial charge on any atom is -0.492 e. The molecule has 0 aromatic heterocycles. The molecule has 33 heavy (non-hydrogen) atoms. The van der Waals surface area contributed by atoms with Gasteiger partial charge in [-0.2, -0.15) is 13.2 Å². The first-order valence-corrected chi connectivity index (χ1v) is 9.99. The van der Waals surface area contributed by atoms with E-state index >= 15 is 0 Å². The third kappa shape index (κ3) is 6.73. The van der Waals surface area contributed by atoms with Crippen LogP contribution in [0.3, 0.4) is 0 Å². The molecule has 0 aliphatic carbocycles. The van der Waals surface area contributed by atoms with Crippen LogP contribution in [0.5, 0.6) is 11.5 Å². The zero-order valence-corrected chi connectivity index (χ0v) is 17.6. The van der Waals surface area contributed by atoms with Crippen molar-refractivity contribution in [3.63, 3.8) is 0 Å². The van der Waals surface area contributed by atoms with Gasteiger partial charge in [0.25, 0.3) is 11.8 Å². The lowest BCUT2D eigenvalue weighted by Gasteiger charge is -2.12. The van der Waals surface area contributed by atoms with E-state index in [0.717, 1.165) is 12.1 Å². The lowest BCUT2D eigenvalue weighted by atomic mass is 10.2. The minimum absolute atomic E-state index is 0.0118. The summed E-state index contributed by atoms with van der Waals surface area (Å²) in [4.78, 5) is 24.5. The number of hydrogen-bond acceptors (Lipinski definition) is 4. The number of halogens is 3. The molecule has 0 heterocycles. The maximum absolute atomic E-state index is 12.8. The van der Waals surface area contributed by atoms with Crippen LogP contribution in [0.1, 0.15) is 22.8 Å². The zero-order valence-electron chi connectivity index (χ0n) is 17.6. The van der Waals surface area contributed by atoms with Gasteiger partial charge < -0.3 is 20.1 Å². The third-order valence-corrected chi connectivity index (χ3v) is 4.40. The summed E-state index contributed by atoms with van der Waals surface area (Å²) in [5.74, 6) is -0.0970. The standard InChI is InChI=1S/C24H21F3N2O4/c1-2-32-21-9-4-3-8-20(21)29-23(31)16-10-12-19(13-11-16)33-15-22(30)28-18-7-5-6-17(14-18)24(25,26)27/h3-14H,2,15H2,1H3,(H,28,30)(H,29,31). The summed E-state index contributed by atoms with van der Waals surface area (Å²) in [6.45, 7) is 1.89. The molecule has 0 spiro atoms. The molecule has 0 unspecified atom stereocenters. The summed E-state index contributed by atoms with van der Waals surface area (Å²) >= 11 is 0. The van der Waals surface area contributed by atoms with Crippen LogP contribution in [0.15, 0.2) is 72.8 Å². The lowest BCUT2D eigenvalue weighted by Crippen LogP contribution is -2.20. The van der Waals surface area contributed by atoms with E-state index in [-0.39, 0.29) is 11.6 Å². The van der Waals surface area contributed by atoms with Gasteiger partial charge in [0.05, 0.1) is 17.9 Å². The fourth-order valence-electron chi connectivity index (χ4n) is 2.87. The van der Waals surface area contributed by atoms with Gasteiger partial charge in [0.2, 0.25) is 0 Å². The molecule has 0 bridgehead atoms. The lowest BCUT2D eigenvalue weighted by molar-refractivity contribution is -0.137. The molecule has 0 atom stereocenters. The van der Waals surface area contributed by atoms with Crippen molar-refractivity contribution >= 4 is 23.2 Å². The molecule has 0 saturated heterocycles. The largest absolute Gasteiger partial charge is 0.492 e. The number of rotatable bonds is 8. The molecule has 2 N–H and O–H groups in total. The van der Waals surface area contributed by atoms with Gasteiger partial charge in [0, 0.05) is 11.3 Å². The summed E-state index contributed by atoms with van der Waals surface area (Å²) in [7, 11) is 0. The molecule has 172 valence electrons. The van der Waals surface area contributed by atoms with Crippen LogP contribution in [0.25, 0.3) is 0 Å². The summed E-state index contributed by atoms with van der Waals surface area (Å²) < 4.78 is 49.1. The maximum atomic E-state index is 12.8. The Bertz CT molecular complexity index is 1120. The quantitative estimate of drug-likeness (QED) is 0.476. The van der Waals surface area contributed by atoms with E-state index in [0.29, 0.717) is 29.4 Å². The molecule has 0 saturated carbocycles. The second-order valence-electron chi connectivity index (χ2n) is 6.82. The first kappa shape index (κ1) is 23.6. The zero-order chi connectivity index (χ0) is 23.8. The molecular formula is C24H21F3N2O4. The van der Waals surface area contributed by atoms with Gasteiger partial charge in [-0.1, -0.05) is 18.2 Å². The second kappa shape index (κ2) is 10.5. The Kier molecular flexibility index (Phi) is 7.55. The molecule has 0 aliphatic heterocycles. The molecule has 3 aromatic carbocycles. The van der Waals surface area contributed by atoms with Gasteiger partial charge in [-0.05, 0) is 61.5 Å². The highest BCUT2D eigenvalue weighted by molar-refractivity contribution is 6.05. The number of para-hydroxylation sites is 2. The fraction of sp³-hybridized carbons (Fsp3) is 0.167. The monoisotopic (exact) mass is 458 g/mol. The third-order valence-electron chi connectivity index (χ3n) is 4.40. The number of carbonyl (C=O) groups is 2. The molecule has 2 amide bonds. The van der Waals surface area contributed by atoms with Crippen LogP contribution in [0.4, 0.5) is 24.5 Å². The molecule has 0 aliphatic rings. The van der Waals surface area contributed by atoms with E-state index in [2.05, 4.69) is 10.6 Å². The SMILES string of the molecule is CCOc1ccccc1NC(=O)c1ccc(OCC(=O)Nc2cccc(C(F)(F)F)c2)cc1. The molecule has 9 heteroatoms. The van der Waals surface area contributed by atoms with E-state index in [9.17, 15) is 22.8 Å². The van der Waals surface area contributed by atoms with Gasteiger partial charge >= 0.3 is 6.18 Å². The van der Waals surface area contributed by atoms with E-state index in [1.165, 1.54) is 36.4 Å². The van der Waals surface area contributed by atoms with Crippen molar-refractivity contribution in [1.29, 1.82) is 0 Å². The van der Waals surface area contributed by atoms with Crippen molar-refractivity contribution in [2.75, 3.05) is 23.8 Å². The number of carbonyl (C=O) groups excluding carboxylic acids is 2. The molecule has 6 nitrogen and oxygen atoms in total. The van der Waals surface area contributed by atoms with Gasteiger partial charge in [-0.25, -0.2) is 0 Å². The average molecular weight is 458 g/mol. The molecule has 0 radical (unpaired) electrons. The van der Waals surface area contributed by atoms with Gasteiger partial charge in [0.15, 0.2) is 6.61 Å². The number of nitrogens with one attached hydrogen (secondary N) is 2.